The summed E-state index contributed by atoms with van der Waals surface area (Å²) in [5, 5.41) is 2.69. The highest BCUT2D eigenvalue weighted by atomic mass is 16.6. The van der Waals surface area contributed by atoms with Crippen molar-refractivity contribution in [2.75, 3.05) is 6.61 Å². The van der Waals surface area contributed by atoms with Gasteiger partial charge >= 0.3 is 6.09 Å². The first kappa shape index (κ1) is 18.8. The Kier molecular flexibility index (Phi) is 6.84. The Hall–Kier alpha value is -2.28. The predicted molar refractivity (Wildman–Crippen MR) is 86.8 cm³/mol. The van der Waals surface area contributed by atoms with E-state index in [4.69, 9.17) is 15.3 Å². The van der Waals surface area contributed by atoms with Crippen LogP contribution in [0, 0.1) is 0 Å². The summed E-state index contributed by atoms with van der Waals surface area (Å²) in [5.74, 6) is 5.37. The van der Waals surface area contributed by atoms with Crippen LogP contribution in [0.2, 0.25) is 0 Å². The highest BCUT2D eigenvalue weighted by molar-refractivity contribution is 5.78. The zero-order valence-corrected chi connectivity index (χ0v) is 14.0. The molecule has 1 atom stereocenters. The quantitative estimate of drug-likeness (QED) is 0.418. The molecule has 0 heterocycles. The largest absolute Gasteiger partial charge is 0.491 e. The zero-order valence-electron chi connectivity index (χ0n) is 14.0. The first-order valence-electron chi connectivity index (χ1n) is 7.41. The molecule has 0 saturated carbocycles. The van der Waals surface area contributed by atoms with Crippen LogP contribution in [-0.4, -0.2) is 30.3 Å². The van der Waals surface area contributed by atoms with Crippen LogP contribution >= 0.6 is 0 Å². The van der Waals surface area contributed by atoms with Gasteiger partial charge in [0.1, 0.15) is 18.0 Å². The highest BCUT2D eigenvalue weighted by Crippen LogP contribution is 2.18. The Morgan fingerprint density at radius 2 is 1.91 bits per heavy atom. The number of alkyl carbamates (subject to hydrolysis) is 1. The number of nitrogens with one attached hydrogen (secondary N) is 2. The van der Waals surface area contributed by atoms with Gasteiger partial charge < -0.3 is 14.8 Å². The van der Waals surface area contributed by atoms with E-state index in [2.05, 4.69) is 10.7 Å². The molecule has 1 aromatic carbocycles. The van der Waals surface area contributed by atoms with Gasteiger partial charge in [-0.3, -0.25) is 10.2 Å². The van der Waals surface area contributed by atoms with Gasteiger partial charge in [0, 0.05) is 5.56 Å². The van der Waals surface area contributed by atoms with Gasteiger partial charge in [0.15, 0.2) is 0 Å². The van der Waals surface area contributed by atoms with Crippen LogP contribution in [0.1, 0.15) is 33.3 Å². The van der Waals surface area contributed by atoms with Crippen molar-refractivity contribution in [3.05, 3.63) is 29.8 Å². The molecular weight excluding hydrogens is 298 g/mol. The Balaban J connectivity index is 2.54. The van der Waals surface area contributed by atoms with E-state index < -0.39 is 11.7 Å². The molecule has 23 heavy (non-hydrogen) atoms. The number of hydrogen-bond donors (Lipinski definition) is 3. The topological polar surface area (TPSA) is 103 Å². The average Bonchev–Trinajstić information content (AvgIpc) is 2.44. The van der Waals surface area contributed by atoms with Gasteiger partial charge in [0.25, 0.3) is 0 Å². The summed E-state index contributed by atoms with van der Waals surface area (Å²) in [6.45, 7) is 7.45. The predicted octanol–water partition coefficient (Wildman–Crippen LogP) is 1.51. The van der Waals surface area contributed by atoms with Crippen LogP contribution in [0.25, 0.3) is 0 Å². The molecule has 7 heteroatoms. The monoisotopic (exact) mass is 323 g/mol. The van der Waals surface area contributed by atoms with Gasteiger partial charge in [-0.25, -0.2) is 10.6 Å². The molecule has 0 spiro atoms. The van der Waals surface area contributed by atoms with Crippen LogP contribution in [0.4, 0.5) is 4.79 Å². The number of amides is 2. The van der Waals surface area contributed by atoms with Gasteiger partial charge in [0.2, 0.25) is 5.91 Å². The zero-order chi connectivity index (χ0) is 17.5. The fraction of sp³-hybridized carbons (Fsp3) is 0.500. The summed E-state index contributed by atoms with van der Waals surface area (Å²) in [5.41, 5.74) is 2.26. The molecule has 0 saturated heterocycles. The maximum absolute atomic E-state index is 11.7. The molecule has 1 aromatic rings. The third-order valence-electron chi connectivity index (χ3n) is 2.74. The molecule has 0 aliphatic rings. The van der Waals surface area contributed by atoms with Crippen LogP contribution in [0.3, 0.4) is 0 Å². The minimum atomic E-state index is -0.549. The molecule has 7 nitrogen and oxygen atoms in total. The summed E-state index contributed by atoms with van der Waals surface area (Å²) in [6, 6.07) is 6.93. The number of ether oxygens (including phenoxy) is 2. The Morgan fingerprint density at radius 3 is 2.52 bits per heavy atom. The lowest BCUT2D eigenvalue weighted by atomic mass is 10.1. The number of hydrazine groups is 1. The van der Waals surface area contributed by atoms with E-state index in [-0.39, 0.29) is 25.0 Å². The fourth-order valence-corrected chi connectivity index (χ4v) is 1.78. The van der Waals surface area contributed by atoms with E-state index in [1.165, 1.54) is 0 Å². The SMILES string of the molecule is C[C@@H](COc1ccccc1CC(=O)NN)NC(=O)OC(C)(C)C. The summed E-state index contributed by atoms with van der Waals surface area (Å²) in [6.07, 6.45) is -0.370. The van der Waals surface area contributed by atoms with E-state index in [1.807, 2.05) is 12.1 Å². The van der Waals surface area contributed by atoms with E-state index in [0.29, 0.717) is 5.75 Å². The molecule has 0 radical (unpaired) electrons. The Labute approximate surface area is 136 Å². The summed E-state index contributed by atoms with van der Waals surface area (Å²) in [4.78, 5) is 23.1. The fourth-order valence-electron chi connectivity index (χ4n) is 1.78. The number of hydrogen-bond acceptors (Lipinski definition) is 5. The first-order chi connectivity index (χ1) is 10.7. The molecule has 0 aromatic heterocycles. The molecule has 128 valence electrons. The molecule has 0 aliphatic heterocycles. The summed E-state index contributed by atoms with van der Waals surface area (Å²) in [7, 11) is 0. The van der Waals surface area contributed by atoms with Crippen molar-refractivity contribution in [3.63, 3.8) is 0 Å². The van der Waals surface area contributed by atoms with Crippen LogP contribution < -0.4 is 21.3 Å². The maximum Gasteiger partial charge on any atom is 0.407 e. The lowest BCUT2D eigenvalue weighted by molar-refractivity contribution is -0.120. The maximum atomic E-state index is 11.7. The first-order valence-corrected chi connectivity index (χ1v) is 7.41. The number of nitrogens with two attached hydrogens (primary N) is 1. The van der Waals surface area contributed by atoms with Crippen molar-refractivity contribution >= 4 is 12.0 Å². The van der Waals surface area contributed by atoms with Gasteiger partial charge in [-0.15, -0.1) is 0 Å². The minimum absolute atomic E-state index is 0.126. The van der Waals surface area contributed by atoms with Crippen LogP contribution in [0.15, 0.2) is 24.3 Å². The number of carbonyl (C=O) groups is 2. The van der Waals surface area contributed by atoms with Crippen molar-refractivity contribution in [1.82, 2.24) is 10.7 Å². The molecule has 0 bridgehead atoms. The van der Waals surface area contributed by atoms with E-state index in [1.54, 1.807) is 39.8 Å². The van der Waals surface area contributed by atoms with Crippen molar-refractivity contribution in [2.24, 2.45) is 5.84 Å². The van der Waals surface area contributed by atoms with Crippen molar-refractivity contribution in [3.8, 4) is 5.75 Å². The van der Waals surface area contributed by atoms with E-state index in [0.717, 1.165) is 5.56 Å². The molecule has 0 aliphatic carbocycles. The third kappa shape index (κ3) is 7.51. The number of para-hydroxylation sites is 1. The molecule has 2 amide bonds. The number of carbonyl (C=O) groups excluding carboxylic acids is 2. The van der Waals surface area contributed by atoms with E-state index in [9.17, 15) is 9.59 Å². The van der Waals surface area contributed by atoms with Gasteiger partial charge in [-0.1, -0.05) is 18.2 Å². The second kappa shape index (κ2) is 8.38. The Morgan fingerprint density at radius 1 is 1.26 bits per heavy atom. The van der Waals surface area contributed by atoms with Crippen molar-refractivity contribution in [1.29, 1.82) is 0 Å². The second-order valence-electron chi connectivity index (χ2n) is 6.21. The van der Waals surface area contributed by atoms with Crippen molar-refractivity contribution < 1.29 is 19.1 Å². The van der Waals surface area contributed by atoms with E-state index >= 15 is 0 Å². The van der Waals surface area contributed by atoms with Gasteiger partial charge in [-0.05, 0) is 33.8 Å². The second-order valence-corrected chi connectivity index (χ2v) is 6.21. The standard InChI is InChI=1S/C16H25N3O4/c1-11(18-15(21)23-16(2,3)4)10-22-13-8-6-5-7-12(13)9-14(20)19-17/h5-8,11H,9-10,17H2,1-4H3,(H,18,21)(H,19,20)/t11-/m0/s1. The molecule has 0 fully saturated rings. The van der Waals surface area contributed by atoms with Crippen LogP contribution in [0.5, 0.6) is 5.75 Å². The molecule has 0 unspecified atom stereocenters. The summed E-state index contributed by atoms with van der Waals surface area (Å²) < 4.78 is 10.9. The normalized spacial score (nSPS) is 12.2. The smallest absolute Gasteiger partial charge is 0.407 e. The number of rotatable bonds is 6. The summed E-state index contributed by atoms with van der Waals surface area (Å²) >= 11 is 0. The Bertz CT molecular complexity index is 540. The van der Waals surface area contributed by atoms with Crippen molar-refractivity contribution in [2.45, 2.75) is 45.8 Å². The minimum Gasteiger partial charge on any atom is -0.491 e. The molecular formula is C16H25N3O4. The lowest BCUT2D eigenvalue weighted by Crippen LogP contribution is -2.40. The van der Waals surface area contributed by atoms with Gasteiger partial charge in [0.05, 0.1) is 12.5 Å². The van der Waals surface area contributed by atoms with Crippen LogP contribution in [-0.2, 0) is 16.0 Å². The highest BCUT2D eigenvalue weighted by Gasteiger charge is 2.18. The third-order valence-corrected chi connectivity index (χ3v) is 2.74. The lowest BCUT2D eigenvalue weighted by Gasteiger charge is -2.22. The molecule has 4 N–H and O–H groups in total. The average molecular weight is 323 g/mol. The van der Waals surface area contributed by atoms with Gasteiger partial charge in [-0.2, -0.15) is 0 Å². The number of benzene rings is 1. The molecule has 1 rings (SSSR count).